The highest BCUT2D eigenvalue weighted by molar-refractivity contribution is 5.88. The fourth-order valence-corrected chi connectivity index (χ4v) is 3.17. The summed E-state index contributed by atoms with van der Waals surface area (Å²) in [7, 11) is 0. The third kappa shape index (κ3) is 3.57. The Balaban J connectivity index is 1.80. The normalized spacial score (nSPS) is 22.0. The van der Waals surface area contributed by atoms with Gasteiger partial charge in [-0.15, -0.1) is 0 Å². The third-order valence-electron chi connectivity index (χ3n) is 4.50. The summed E-state index contributed by atoms with van der Waals surface area (Å²) in [6.07, 6.45) is 1.27. The summed E-state index contributed by atoms with van der Waals surface area (Å²) >= 11 is 0. The molecule has 0 spiro atoms. The minimum atomic E-state index is -1.06. The summed E-state index contributed by atoms with van der Waals surface area (Å²) in [5.41, 5.74) is 0.578. The van der Waals surface area contributed by atoms with E-state index in [1.54, 1.807) is 6.07 Å². The van der Waals surface area contributed by atoms with Crippen molar-refractivity contribution < 1.29 is 19.4 Å². The topological polar surface area (TPSA) is 75.6 Å². The van der Waals surface area contributed by atoms with E-state index in [-0.39, 0.29) is 17.9 Å². The molecule has 0 saturated carbocycles. The summed E-state index contributed by atoms with van der Waals surface area (Å²) in [4.78, 5) is 24.1. The Hall–Kier alpha value is -2.40. The van der Waals surface area contributed by atoms with Crippen LogP contribution in [0.25, 0.3) is 10.8 Å². The Labute approximate surface area is 140 Å². The van der Waals surface area contributed by atoms with E-state index in [0.717, 1.165) is 10.8 Å². The van der Waals surface area contributed by atoms with Crippen LogP contribution in [-0.4, -0.2) is 29.7 Å². The summed E-state index contributed by atoms with van der Waals surface area (Å²) < 4.78 is 5.45. The predicted molar refractivity (Wildman–Crippen MR) is 90.6 cm³/mol. The van der Waals surface area contributed by atoms with E-state index in [2.05, 4.69) is 5.32 Å². The standard InChI is InChI=1S/C19H21NO4/c1-12-10-16(8-9-24-12)18(21)20-17(19(22)23)15-7-6-13-4-2-3-5-14(13)11-15/h2-7,11-12,16-17H,8-10H2,1H3,(H,20,21)(H,22,23). The second kappa shape index (κ2) is 7.01. The Morgan fingerprint density at radius 3 is 2.67 bits per heavy atom. The second-order valence-electron chi connectivity index (χ2n) is 6.29. The molecule has 1 amide bonds. The molecule has 1 aliphatic rings. The lowest BCUT2D eigenvalue weighted by atomic mass is 9.94. The molecule has 0 bridgehead atoms. The molecule has 2 aromatic carbocycles. The van der Waals surface area contributed by atoms with Crippen LogP contribution in [0.1, 0.15) is 31.4 Å². The minimum absolute atomic E-state index is 0.0263. The highest BCUT2D eigenvalue weighted by atomic mass is 16.5. The molecule has 1 heterocycles. The van der Waals surface area contributed by atoms with Crippen LogP contribution in [0.4, 0.5) is 0 Å². The fraction of sp³-hybridized carbons (Fsp3) is 0.368. The second-order valence-corrected chi connectivity index (χ2v) is 6.29. The van der Waals surface area contributed by atoms with Crippen LogP contribution in [0.3, 0.4) is 0 Å². The molecule has 3 atom stereocenters. The molecule has 24 heavy (non-hydrogen) atoms. The number of hydrogen-bond donors (Lipinski definition) is 2. The van der Waals surface area contributed by atoms with Crippen LogP contribution in [0.2, 0.25) is 0 Å². The van der Waals surface area contributed by atoms with E-state index in [1.807, 2.05) is 43.3 Å². The van der Waals surface area contributed by atoms with Gasteiger partial charge in [-0.25, -0.2) is 4.79 Å². The zero-order valence-corrected chi connectivity index (χ0v) is 13.6. The number of aliphatic carboxylic acids is 1. The molecule has 0 radical (unpaired) electrons. The van der Waals surface area contributed by atoms with Crippen LogP contribution in [-0.2, 0) is 14.3 Å². The lowest BCUT2D eigenvalue weighted by Gasteiger charge is -2.27. The molecule has 5 nitrogen and oxygen atoms in total. The van der Waals surface area contributed by atoms with Gasteiger partial charge in [0.1, 0.15) is 0 Å². The number of ether oxygens (including phenoxy) is 1. The van der Waals surface area contributed by atoms with E-state index in [9.17, 15) is 14.7 Å². The van der Waals surface area contributed by atoms with E-state index >= 15 is 0 Å². The molecule has 5 heteroatoms. The highest BCUT2D eigenvalue weighted by Crippen LogP contribution is 2.24. The van der Waals surface area contributed by atoms with Crippen molar-refractivity contribution in [2.45, 2.75) is 31.9 Å². The van der Waals surface area contributed by atoms with Crippen molar-refractivity contribution in [1.29, 1.82) is 0 Å². The molecule has 0 aromatic heterocycles. The van der Waals surface area contributed by atoms with E-state index < -0.39 is 12.0 Å². The maximum absolute atomic E-state index is 12.5. The van der Waals surface area contributed by atoms with Gasteiger partial charge in [0.2, 0.25) is 5.91 Å². The molecule has 2 N–H and O–H groups in total. The lowest BCUT2D eigenvalue weighted by molar-refractivity contribution is -0.143. The number of carbonyl (C=O) groups excluding carboxylic acids is 1. The summed E-state index contributed by atoms with van der Waals surface area (Å²) in [5.74, 6) is -1.47. The number of carbonyl (C=O) groups is 2. The Morgan fingerprint density at radius 2 is 1.96 bits per heavy atom. The summed E-state index contributed by atoms with van der Waals surface area (Å²) in [5, 5.41) is 14.2. The largest absolute Gasteiger partial charge is 0.479 e. The first kappa shape index (κ1) is 16.5. The maximum Gasteiger partial charge on any atom is 0.330 e. The monoisotopic (exact) mass is 327 g/mol. The van der Waals surface area contributed by atoms with Gasteiger partial charge in [0.15, 0.2) is 6.04 Å². The van der Waals surface area contributed by atoms with Crippen molar-refractivity contribution in [1.82, 2.24) is 5.32 Å². The number of nitrogens with one attached hydrogen (secondary N) is 1. The van der Waals surface area contributed by atoms with Crippen molar-refractivity contribution in [3.8, 4) is 0 Å². The first-order valence-electron chi connectivity index (χ1n) is 8.18. The Kier molecular flexibility index (Phi) is 4.81. The Morgan fingerprint density at radius 1 is 1.21 bits per heavy atom. The molecule has 1 fully saturated rings. The number of rotatable bonds is 4. The average Bonchev–Trinajstić information content (AvgIpc) is 2.58. The number of carboxylic acids is 1. The SMILES string of the molecule is CC1CC(C(=O)NC(C(=O)O)c2ccc3ccccc3c2)CCO1. The molecule has 1 aliphatic heterocycles. The zero-order chi connectivity index (χ0) is 17.1. The van der Waals surface area contributed by atoms with Crippen molar-refractivity contribution in [2.75, 3.05) is 6.61 Å². The van der Waals surface area contributed by atoms with Crippen molar-refractivity contribution in [3.63, 3.8) is 0 Å². The first-order chi connectivity index (χ1) is 11.5. The summed E-state index contributed by atoms with van der Waals surface area (Å²) in [6.45, 7) is 2.46. The highest BCUT2D eigenvalue weighted by Gasteiger charge is 2.29. The number of hydrogen-bond acceptors (Lipinski definition) is 3. The van der Waals surface area contributed by atoms with Gasteiger partial charge in [-0.05, 0) is 42.2 Å². The van der Waals surface area contributed by atoms with Gasteiger partial charge < -0.3 is 15.2 Å². The quantitative estimate of drug-likeness (QED) is 0.905. The average molecular weight is 327 g/mol. The van der Waals surface area contributed by atoms with Crippen molar-refractivity contribution in [2.24, 2.45) is 5.92 Å². The van der Waals surface area contributed by atoms with E-state index in [1.165, 1.54) is 0 Å². The number of benzene rings is 2. The number of amides is 1. The first-order valence-corrected chi connectivity index (χ1v) is 8.18. The van der Waals surface area contributed by atoms with Crippen LogP contribution in [0, 0.1) is 5.92 Å². The van der Waals surface area contributed by atoms with E-state index in [0.29, 0.717) is 25.0 Å². The fourth-order valence-electron chi connectivity index (χ4n) is 3.17. The smallest absolute Gasteiger partial charge is 0.330 e. The van der Waals surface area contributed by atoms with Gasteiger partial charge in [-0.3, -0.25) is 4.79 Å². The number of carboxylic acid groups (broad SMARTS) is 1. The Bertz CT molecular complexity index is 758. The van der Waals surface area contributed by atoms with Gasteiger partial charge in [0, 0.05) is 12.5 Å². The van der Waals surface area contributed by atoms with Crippen molar-refractivity contribution >= 4 is 22.6 Å². The molecule has 126 valence electrons. The molecule has 1 saturated heterocycles. The van der Waals surface area contributed by atoms with Gasteiger partial charge in [0.25, 0.3) is 0 Å². The van der Waals surface area contributed by atoms with Crippen LogP contribution < -0.4 is 5.32 Å². The lowest BCUT2D eigenvalue weighted by Crippen LogP contribution is -2.40. The molecule has 0 aliphatic carbocycles. The molecule has 3 rings (SSSR count). The van der Waals surface area contributed by atoms with Gasteiger partial charge >= 0.3 is 5.97 Å². The van der Waals surface area contributed by atoms with Crippen molar-refractivity contribution in [3.05, 3.63) is 48.0 Å². The molecule has 3 unspecified atom stereocenters. The van der Waals surface area contributed by atoms with Gasteiger partial charge in [-0.2, -0.15) is 0 Å². The maximum atomic E-state index is 12.5. The summed E-state index contributed by atoms with van der Waals surface area (Å²) in [6, 6.07) is 12.2. The van der Waals surface area contributed by atoms with E-state index in [4.69, 9.17) is 4.74 Å². The number of fused-ring (bicyclic) bond motifs is 1. The zero-order valence-electron chi connectivity index (χ0n) is 13.6. The third-order valence-corrected chi connectivity index (χ3v) is 4.50. The van der Waals surface area contributed by atoms with Crippen LogP contribution in [0.5, 0.6) is 0 Å². The van der Waals surface area contributed by atoms with Crippen LogP contribution in [0.15, 0.2) is 42.5 Å². The minimum Gasteiger partial charge on any atom is -0.479 e. The van der Waals surface area contributed by atoms with Crippen LogP contribution >= 0.6 is 0 Å². The van der Waals surface area contributed by atoms with Gasteiger partial charge in [-0.1, -0.05) is 36.4 Å². The molecule has 2 aromatic rings. The molecular formula is C19H21NO4. The van der Waals surface area contributed by atoms with Gasteiger partial charge in [0.05, 0.1) is 6.10 Å². The predicted octanol–water partition coefficient (Wildman–Crippen LogP) is 2.90. The molecular weight excluding hydrogens is 306 g/mol.